The first-order valence-corrected chi connectivity index (χ1v) is 4.03. The molecule has 0 unspecified atom stereocenters. The lowest BCUT2D eigenvalue weighted by Gasteiger charge is -1.97. The third-order valence-electron chi connectivity index (χ3n) is 1.80. The van der Waals surface area contributed by atoms with Gasteiger partial charge < -0.3 is 14.9 Å². The number of hydrogen-bond acceptors (Lipinski definition) is 4. The zero-order chi connectivity index (χ0) is 9.42. The summed E-state index contributed by atoms with van der Waals surface area (Å²) in [7, 11) is 0. The highest BCUT2D eigenvalue weighted by atomic mass is 35.5. The first kappa shape index (κ1) is 8.25. The van der Waals surface area contributed by atoms with Crippen LogP contribution < -0.4 is 4.74 Å². The minimum absolute atomic E-state index is 0.0710. The molecule has 0 N–H and O–H groups in total. The Kier molecular flexibility index (Phi) is 1.81. The third kappa shape index (κ3) is 1.31. The van der Waals surface area contributed by atoms with Crippen LogP contribution in [0.5, 0.6) is 5.75 Å². The Hall–Kier alpha value is -1.36. The maximum atomic E-state index is 10.4. The van der Waals surface area contributed by atoms with E-state index in [-0.39, 0.29) is 11.0 Å². The van der Waals surface area contributed by atoms with Crippen molar-refractivity contribution >= 4 is 17.4 Å². The Labute approximate surface area is 78.4 Å². The fraction of sp³-hybridized carbons (Fsp3) is 0.286. The molecule has 2 heterocycles. The van der Waals surface area contributed by atoms with Crippen molar-refractivity contribution in [3.63, 3.8) is 0 Å². The summed E-state index contributed by atoms with van der Waals surface area (Å²) in [6.07, 6.45) is 0.651. The van der Waals surface area contributed by atoms with E-state index in [1.807, 2.05) is 0 Å². The van der Waals surface area contributed by atoms with Gasteiger partial charge in [0.1, 0.15) is 0 Å². The van der Waals surface area contributed by atoms with E-state index in [1.54, 1.807) is 0 Å². The Bertz CT molecular complexity index is 380. The van der Waals surface area contributed by atoms with Crippen LogP contribution in [0.4, 0.5) is 5.82 Å². The predicted octanol–water partition coefficient (Wildman–Crippen LogP) is 1.58. The fourth-order valence-electron chi connectivity index (χ4n) is 1.23. The summed E-state index contributed by atoms with van der Waals surface area (Å²) in [6, 6.07) is 1.40. The summed E-state index contributed by atoms with van der Waals surface area (Å²) in [5, 5.41) is 10.5. The first-order valence-electron chi connectivity index (χ1n) is 3.65. The summed E-state index contributed by atoms with van der Waals surface area (Å²) >= 11 is 5.68. The Balaban J connectivity index is 2.55. The molecule has 1 aliphatic heterocycles. The molecule has 0 atom stereocenters. The monoisotopic (exact) mass is 200 g/mol. The number of fused-ring (bicyclic) bond motifs is 1. The van der Waals surface area contributed by atoms with E-state index < -0.39 is 4.92 Å². The normalized spacial score (nSPS) is 13.6. The van der Waals surface area contributed by atoms with Gasteiger partial charge in [0.05, 0.1) is 6.61 Å². The lowest BCUT2D eigenvalue weighted by atomic mass is 10.2. The standard InChI is InChI=1S/C7H5ClN2O3/c8-7-6-4(1-2-13-6)3-5(9-7)10(11)12/h3H,1-2H2. The predicted molar refractivity (Wildman–Crippen MR) is 45.1 cm³/mol. The van der Waals surface area contributed by atoms with Crippen LogP contribution in [0.3, 0.4) is 0 Å². The molecule has 1 aliphatic rings. The minimum atomic E-state index is -0.565. The van der Waals surface area contributed by atoms with Crippen LogP contribution in [-0.4, -0.2) is 16.5 Å². The van der Waals surface area contributed by atoms with Gasteiger partial charge in [-0.05, 0) is 21.5 Å². The molecule has 0 bridgehead atoms. The van der Waals surface area contributed by atoms with Gasteiger partial charge >= 0.3 is 5.82 Å². The van der Waals surface area contributed by atoms with Crippen molar-refractivity contribution in [1.29, 1.82) is 0 Å². The smallest absolute Gasteiger partial charge is 0.365 e. The van der Waals surface area contributed by atoms with Gasteiger partial charge in [0.15, 0.2) is 5.75 Å². The van der Waals surface area contributed by atoms with Crippen LogP contribution in [0.25, 0.3) is 0 Å². The van der Waals surface area contributed by atoms with Gasteiger partial charge in [0.2, 0.25) is 0 Å². The first-order chi connectivity index (χ1) is 6.18. The number of nitro groups is 1. The third-order valence-corrected chi connectivity index (χ3v) is 2.06. The van der Waals surface area contributed by atoms with E-state index in [4.69, 9.17) is 16.3 Å². The molecule has 0 spiro atoms. The average Bonchev–Trinajstić information content (AvgIpc) is 2.51. The summed E-state index contributed by atoms with van der Waals surface area (Å²) in [5.41, 5.74) is 0.756. The quantitative estimate of drug-likeness (QED) is 0.392. The molecule has 0 fully saturated rings. The largest absolute Gasteiger partial charge is 0.487 e. The highest BCUT2D eigenvalue weighted by molar-refractivity contribution is 6.31. The number of hydrogen-bond donors (Lipinski definition) is 0. The molecule has 0 radical (unpaired) electrons. The van der Waals surface area contributed by atoms with Gasteiger partial charge in [-0.2, -0.15) is 0 Å². The highest BCUT2D eigenvalue weighted by Crippen LogP contribution is 2.34. The van der Waals surface area contributed by atoms with Gasteiger partial charge in [-0.1, -0.05) is 0 Å². The number of pyridine rings is 1. The molecule has 1 aromatic heterocycles. The molecule has 68 valence electrons. The lowest BCUT2D eigenvalue weighted by molar-refractivity contribution is -0.389. The minimum Gasteiger partial charge on any atom is -0.487 e. The number of ether oxygens (including phenoxy) is 1. The second-order valence-corrected chi connectivity index (χ2v) is 2.97. The van der Waals surface area contributed by atoms with Crippen molar-refractivity contribution in [1.82, 2.24) is 4.98 Å². The number of rotatable bonds is 1. The van der Waals surface area contributed by atoms with Crippen LogP contribution in [-0.2, 0) is 6.42 Å². The molecule has 0 saturated heterocycles. The lowest BCUT2D eigenvalue weighted by Crippen LogP contribution is -1.94. The number of nitrogens with zero attached hydrogens (tertiary/aromatic N) is 2. The molecule has 0 aromatic carbocycles. The molecular weight excluding hydrogens is 196 g/mol. The van der Waals surface area contributed by atoms with Crippen LogP contribution in [0.2, 0.25) is 5.15 Å². The van der Waals surface area contributed by atoms with Crippen LogP contribution in [0.15, 0.2) is 6.07 Å². The van der Waals surface area contributed by atoms with E-state index in [0.29, 0.717) is 18.8 Å². The van der Waals surface area contributed by atoms with Crippen LogP contribution >= 0.6 is 11.6 Å². The van der Waals surface area contributed by atoms with Crippen LogP contribution in [0, 0.1) is 10.1 Å². The summed E-state index contributed by atoms with van der Waals surface area (Å²) in [5.74, 6) is 0.251. The number of aromatic nitrogens is 1. The zero-order valence-electron chi connectivity index (χ0n) is 6.49. The van der Waals surface area contributed by atoms with Gasteiger partial charge in [0.25, 0.3) is 5.15 Å². The zero-order valence-corrected chi connectivity index (χ0v) is 7.24. The van der Waals surface area contributed by atoms with Crippen LogP contribution in [0.1, 0.15) is 5.56 Å². The Morgan fingerprint density at radius 3 is 3.15 bits per heavy atom. The topological polar surface area (TPSA) is 65.3 Å². The van der Waals surface area contributed by atoms with Crippen molar-refractivity contribution < 1.29 is 9.66 Å². The Morgan fingerprint density at radius 2 is 2.46 bits per heavy atom. The molecule has 0 amide bonds. The van der Waals surface area contributed by atoms with Gasteiger partial charge in [-0.15, -0.1) is 0 Å². The molecule has 13 heavy (non-hydrogen) atoms. The van der Waals surface area contributed by atoms with E-state index >= 15 is 0 Å². The van der Waals surface area contributed by atoms with Gasteiger partial charge in [0, 0.05) is 18.1 Å². The van der Waals surface area contributed by atoms with E-state index in [1.165, 1.54) is 6.07 Å². The van der Waals surface area contributed by atoms with Gasteiger partial charge in [-0.25, -0.2) is 0 Å². The summed E-state index contributed by atoms with van der Waals surface area (Å²) in [6.45, 7) is 0.512. The maximum Gasteiger partial charge on any atom is 0.365 e. The maximum absolute atomic E-state index is 10.4. The van der Waals surface area contributed by atoms with E-state index in [2.05, 4.69) is 4.98 Å². The highest BCUT2D eigenvalue weighted by Gasteiger charge is 2.24. The van der Waals surface area contributed by atoms with Crippen molar-refractivity contribution in [3.8, 4) is 5.75 Å². The molecule has 0 saturated carbocycles. The van der Waals surface area contributed by atoms with Crippen molar-refractivity contribution in [2.45, 2.75) is 6.42 Å². The molecule has 6 heteroatoms. The molecular formula is C7H5ClN2O3. The molecule has 1 aromatic rings. The van der Waals surface area contributed by atoms with Crippen molar-refractivity contribution in [2.24, 2.45) is 0 Å². The van der Waals surface area contributed by atoms with Gasteiger partial charge in [-0.3, -0.25) is 0 Å². The SMILES string of the molecule is O=[N+]([O-])c1cc2c(c(Cl)n1)OCC2. The second kappa shape index (κ2) is 2.85. The molecule has 0 aliphatic carbocycles. The Morgan fingerprint density at radius 1 is 1.69 bits per heavy atom. The van der Waals surface area contributed by atoms with Crippen molar-refractivity contribution in [3.05, 3.63) is 26.9 Å². The molecule has 2 rings (SSSR count). The second-order valence-electron chi connectivity index (χ2n) is 2.62. The average molecular weight is 201 g/mol. The molecule has 5 nitrogen and oxygen atoms in total. The fourth-order valence-corrected chi connectivity index (χ4v) is 1.49. The number of halogens is 1. The summed E-state index contributed by atoms with van der Waals surface area (Å²) < 4.78 is 5.15. The van der Waals surface area contributed by atoms with E-state index in [9.17, 15) is 10.1 Å². The summed E-state index contributed by atoms with van der Waals surface area (Å²) in [4.78, 5) is 13.4. The van der Waals surface area contributed by atoms with Crippen molar-refractivity contribution in [2.75, 3.05) is 6.61 Å². The van der Waals surface area contributed by atoms with E-state index in [0.717, 1.165) is 5.56 Å².